The van der Waals surface area contributed by atoms with Gasteiger partial charge < -0.3 is 9.47 Å². The maximum Gasteiger partial charge on any atom is 0.411 e. The van der Waals surface area contributed by atoms with Gasteiger partial charge in [-0.15, -0.1) is 11.3 Å². The summed E-state index contributed by atoms with van der Waals surface area (Å²) in [6.45, 7) is 2.17. The lowest BCUT2D eigenvalue weighted by atomic mass is 9.97. The Morgan fingerprint density at radius 1 is 1.20 bits per heavy atom. The molecular weight excluding hydrogens is 594 g/mol. The Labute approximate surface area is 244 Å². The number of ether oxygens (including phenoxy) is 2. The number of hydroxylamine groups is 1. The molecule has 2 aliphatic heterocycles. The number of nitrogens with one attached hydrogen (secondary N) is 2. The molecule has 0 aliphatic carbocycles. The second-order valence-electron chi connectivity index (χ2n) is 9.93. The summed E-state index contributed by atoms with van der Waals surface area (Å²) in [5.41, 5.74) is 3.58. The maximum absolute atomic E-state index is 13.9. The Balaban J connectivity index is 1.65. The normalized spacial score (nSPS) is 23.3. The molecule has 12 nitrogen and oxygen atoms in total. The lowest BCUT2D eigenvalue weighted by Crippen LogP contribution is -2.43. The molecule has 41 heavy (non-hydrogen) atoms. The van der Waals surface area contributed by atoms with E-state index in [2.05, 4.69) is 10.8 Å². The average Bonchev–Trinajstić information content (AvgIpc) is 3.37. The number of carbonyl (C=O) groups is 2. The fourth-order valence-electron chi connectivity index (χ4n) is 4.89. The Kier molecular flexibility index (Phi) is 10.1. The van der Waals surface area contributed by atoms with Crippen LogP contribution in [0.2, 0.25) is 0 Å². The molecule has 2 aromatic rings. The number of amides is 2. The van der Waals surface area contributed by atoms with Gasteiger partial charge in [-0.3, -0.25) is 10.1 Å². The monoisotopic (exact) mass is 629 g/mol. The summed E-state index contributed by atoms with van der Waals surface area (Å²) in [5, 5.41) is 2.65. The van der Waals surface area contributed by atoms with Crippen LogP contribution in [0.1, 0.15) is 43.9 Å². The molecular formula is C26H35N3O9S3. The number of sulfone groups is 1. The van der Waals surface area contributed by atoms with Crippen LogP contribution in [0.15, 0.2) is 36.4 Å². The third-order valence-electron chi connectivity index (χ3n) is 7.05. The van der Waals surface area contributed by atoms with Crippen LogP contribution in [-0.2, 0) is 43.7 Å². The van der Waals surface area contributed by atoms with Crippen molar-refractivity contribution < 1.29 is 40.7 Å². The zero-order valence-corrected chi connectivity index (χ0v) is 25.4. The van der Waals surface area contributed by atoms with Crippen LogP contribution in [0.3, 0.4) is 0 Å². The molecule has 0 spiro atoms. The third-order valence-corrected chi connectivity index (χ3v) is 12.3. The highest BCUT2D eigenvalue weighted by molar-refractivity contribution is 7.92. The molecule has 2 amide bonds. The van der Waals surface area contributed by atoms with Gasteiger partial charge in [0.25, 0.3) is 0 Å². The number of anilines is 1. The molecule has 226 valence electrons. The largest absolute Gasteiger partial charge is 0.450 e. The van der Waals surface area contributed by atoms with Gasteiger partial charge in [0.2, 0.25) is 15.9 Å². The van der Waals surface area contributed by atoms with Gasteiger partial charge in [0.1, 0.15) is 4.75 Å². The van der Waals surface area contributed by atoms with Crippen molar-refractivity contribution in [1.82, 2.24) is 9.79 Å². The van der Waals surface area contributed by atoms with Gasteiger partial charge in [-0.05, 0) is 56.0 Å². The number of sulfonamides is 1. The van der Waals surface area contributed by atoms with E-state index in [1.165, 1.54) is 11.3 Å². The fraction of sp³-hybridized carbons (Fsp3) is 0.538. The quantitative estimate of drug-likeness (QED) is 0.398. The number of nitrogens with zero attached hydrogens (tertiary/aromatic N) is 1. The zero-order valence-electron chi connectivity index (χ0n) is 23.0. The number of hydrogen-bond acceptors (Lipinski definition) is 10. The van der Waals surface area contributed by atoms with Crippen molar-refractivity contribution >= 4 is 48.9 Å². The Morgan fingerprint density at radius 3 is 2.71 bits per heavy atom. The van der Waals surface area contributed by atoms with E-state index in [1.54, 1.807) is 37.3 Å². The summed E-state index contributed by atoms with van der Waals surface area (Å²) in [7, 11) is -7.68. The van der Waals surface area contributed by atoms with Crippen LogP contribution in [0.25, 0.3) is 10.4 Å². The molecule has 0 bridgehead atoms. The van der Waals surface area contributed by atoms with E-state index >= 15 is 0 Å². The summed E-state index contributed by atoms with van der Waals surface area (Å²) in [6.07, 6.45) is 1.65. The number of thiophene rings is 1. The van der Waals surface area contributed by atoms with Crippen LogP contribution < -0.4 is 10.8 Å². The third kappa shape index (κ3) is 7.64. The van der Waals surface area contributed by atoms with E-state index in [9.17, 15) is 26.4 Å². The molecule has 2 N–H and O–H groups in total. The Bertz CT molecular complexity index is 1450. The van der Waals surface area contributed by atoms with Crippen molar-refractivity contribution in [2.24, 2.45) is 0 Å². The molecule has 3 heterocycles. The lowest BCUT2D eigenvalue weighted by Gasteiger charge is -2.31. The molecule has 2 fully saturated rings. The van der Waals surface area contributed by atoms with E-state index in [1.807, 2.05) is 6.07 Å². The fourth-order valence-corrected chi connectivity index (χ4v) is 9.45. The smallest absolute Gasteiger partial charge is 0.411 e. The molecule has 4 rings (SSSR count). The lowest BCUT2D eigenvalue weighted by molar-refractivity contribution is -0.200. The van der Waals surface area contributed by atoms with Crippen molar-refractivity contribution in [2.75, 3.05) is 43.6 Å². The van der Waals surface area contributed by atoms with Crippen LogP contribution in [0.4, 0.5) is 10.5 Å². The first-order valence-electron chi connectivity index (χ1n) is 13.3. The molecule has 1 aromatic carbocycles. The maximum atomic E-state index is 13.9. The minimum Gasteiger partial charge on any atom is -0.450 e. The van der Waals surface area contributed by atoms with E-state index in [4.69, 9.17) is 14.3 Å². The number of hydrogen-bond donors (Lipinski definition) is 2. The van der Waals surface area contributed by atoms with Gasteiger partial charge >= 0.3 is 6.09 Å². The highest BCUT2D eigenvalue weighted by Gasteiger charge is 2.50. The van der Waals surface area contributed by atoms with Gasteiger partial charge in [-0.1, -0.05) is 12.1 Å². The summed E-state index contributed by atoms with van der Waals surface area (Å²) >= 11 is 1.20. The molecule has 15 heteroatoms. The molecule has 2 atom stereocenters. The predicted molar refractivity (Wildman–Crippen MR) is 154 cm³/mol. The van der Waals surface area contributed by atoms with Gasteiger partial charge in [0.15, 0.2) is 16.1 Å². The number of carbonyl (C=O) groups excluding carboxylic acids is 2. The van der Waals surface area contributed by atoms with Gasteiger partial charge in [0.05, 0.1) is 25.0 Å². The summed E-state index contributed by atoms with van der Waals surface area (Å²) < 4.78 is 62.3. The topological polar surface area (TPSA) is 157 Å². The predicted octanol–water partition coefficient (Wildman–Crippen LogP) is 3.22. The molecule has 0 saturated carbocycles. The standard InChI is InChI=1S/C26H35N3O9S3/c1-3-36-25(31)27-20-8-6-7-19(17-20)21-10-11-22(39-21)26(18-23(30)28-38-24-9-4-5-15-37-24)12-13-29(40(2,32)33)14-16-41(26,34)35/h6-8,10-11,17,24H,3-5,9,12-16,18H2,1-2H3,(H,27,31)(H,28,30). The first-order chi connectivity index (χ1) is 19.4. The van der Waals surface area contributed by atoms with Gasteiger partial charge in [-0.25, -0.2) is 36.3 Å². The second-order valence-corrected chi connectivity index (χ2v) is 15.4. The highest BCUT2D eigenvalue weighted by Crippen LogP contribution is 2.45. The summed E-state index contributed by atoms with van der Waals surface area (Å²) in [5.74, 6) is -1.09. The van der Waals surface area contributed by atoms with Crippen molar-refractivity contribution in [3.8, 4) is 10.4 Å². The van der Waals surface area contributed by atoms with Gasteiger partial charge in [0, 0.05) is 41.6 Å². The molecule has 2 aliphatic rings. The van der Waals surface area contributed by atoms with Crippen molar-refractivity contribution in [3.63, 3.8) is 0 Å². The van der Waals surface area contributed by atoms with Gasteiger partial charge in [-0.2, -0.15) is 0 Å². The van der Waals surface area contributed by atoms with Crippen LogP contribution in [0, 0.1) is 0 Å². The van der Waals surface area contributed by atoms with Crippen LogP contribution in [-0.4, -0.2) is 77.7 Å². The highest BCUT2D eigenvalue weighted by atomic mass is 32.2. The van der Waals surface area contributed by atoms with E-state index < -0.39 is 55.1 Å². The summed E-state index contributed by atoms with van der Waals surface area (Å²) in [6, 6.07) is 10.4. The zero-order chi connectivity index (χ0) is 29.7. The minimum absolute atomic E-state index is 0.0654. The minimum atomic E-state index is -4.02. The van der Waals surface area contributed by atoms with Crippen molar-refractivity contribution in [2.45, 2.75) is 50.1 Å². The Morgan fingerprint density at radius 2 is 2.00 bits per heavy atom. The second kappa shape index (κ2) is 13.2. The molecule has 1 aromatic heterocycles. The number of rotatable bonds is 9. The first kappa shape index (κ1) is 31.4. The molecule has 0 radical (unpaired) electrons. The first-order valence-corrected chi connectivity index (χ1v) is 17.6. The molecule has 2 unspecified atom stereocenters. The SMILES string of the molecule is CCOC(=O)Nc1cccc(-c2ccc(C3(CC(=O)NOC4CCCCO4)CCN(S(C)(=O)=O)CCS3(=O)=O)s2)c1. The van der Waals surface area contributed by atoms with Crippen LogP contribution >= 0.6 is 11.3 Å². The molecule has 2 saturated heterocycles. The Hall–Kier alpha value is -2.56. The van der Waals surface area contributed by atoms with E-state index in [0.717, 1.165) is 29.0 Å². The van der Waals surface area contributed by atoms with Crippen molar-refractivity contribution in [3.05, 3.63) is 41.3 Å². The van der Waals surface area contributed by atoms with E-state index in [-0.39, 0.29) is 26.1 Å². The van der Waals surface area contributed by atoms with E-state index in [0.29, 0.717) is 28.5 Å². The van der Waals surface area contributed by atoms with Crippen LogP contribution in [0.5, 0.6) is 0 Å². The van der Waals surface area contributed by atoms with Crippen molar-refractivity contribution in [1.29, 1.82) is 0 Å². The average molecular weight is 630 g/mol. The number of benzene rings is 1. The summed E-state index contributed by atoms with van der Waals surface area (Å²) in [4.78, 5) is 31.6.